The maximum atomic E-state index is 12.5. The summed E-state index contributed by atoms with van der Waals surface area (Å²) in [7, 11) is 0. The van der Waals surface area contributed by atoms with Crippen molar-refractivity contribution in [2.24, 2.45) is 0 Å². The lowest BCUT2D eigenvalue weighted by molar-refractivity contribution is 0.0924. The quantitative estimate of drug-likeness (QED) is 0.860. The fourth-order valence-corrected chi connectivity index (χ4v) is 3.14. The maximum Gasteiger partial charge on any atom is 0.255 e. The number of fused-ring (bicyclic) bond motifs is 1. The number of aromatic nitrogens is 1. The van der Waals surface area contributed by atoms with E-state index >= 15 is 0 Å². The third-order valence-corrected chi connectivity index (χ3v) is 4.56. The number of hydrogen-bond donors (Lipinski definition) is 1. The molecule has 5 nitrogen and oxygen atoms in total. The predicted octanol–water partition coefficient (Wildman–Crippen LogP) is 3.09. The summed E-state index contributed by atoms with van der Waals surface area (Å²) >= 11 is 0. The molecule has 2 aromatic rings. The largest absolute Gasteiger partial charge is 0.344 e. The van der Waals surface area contributed by atoms with Crippen molar-refractivity contribution in [1.82, 2.24) is 15.2 Å². The number of nitrogens with zero attached hydrogens (tertiary/aromatic N) is 3. The molecule has 0 aliphatic carbocycles. The number of halogens is 1. The van der Waals surface area contributed by atoms with Crippen LogP contribution < -0.4 is 10.2 Å². The fraction of sp³-hybridized carbons (Fsp3) is 0.368. The zero-order valence-electron chi connectivity index (χ0n) is 14.7. The lowest BCUT2D eigenvalue weighted by Crippen LogP contribution is -2.49. The van der Waals surface area contributed by atoms with Gasteiger partial charge in [-0.05, 0) is 37.4 Å². The standard InChI is InChI=1S/C19H24N4O.ClH/c1-3-22(4-2)13-14-23-17-11-6-5-9-15(17)19(24)21-18(23)16-10-7-8-12-20-16;/h5-12,18H,3-4,13-14H2,1-2H3,(H,21,24);1H. The van der Waals surface area contributed by atoms with Gasteiger partial charge in [0, 0.05) is 19.3 Å². The molecule has 0 radical (unpaired) electrons. The van der Waals surface area contributed by atoms with Crippen LogP contribution in [0.2, 0.25) is 0 Å². The molecule has 6 heteroatoms. The number of anilines is 1. The van der Waals surface area contributed by atoms with Crippen molar-refractivity contribution >= 4 is 24.0 Å². The number of likely N-dealkylation sites (N-methyl/N-ethyl adjacent to an activating group) is 1. The molecule has 25 heavy (non-hydrogen) atoms. The molecule has 1 unspecified atom stereocenters. The van der Waals surface area contributed by atoms with Gasteiger partial charge < -0.3 is 15.1 Å². The first-order chi connectivity index (χ1) is 11.7. The van der Waals surface area contributed by atoms with Crippen LogP contribution in [0, 0.1) is 0 Å². The van der Waals surface area contributed by atoms with Crippen LogP contribution in [0.1, 0.15) is 36.1 Å². The van der Waals surface area contributed by atoms with Crippen molar-refractivity contribution in [1.29, 1.82) is 0 Å². The third kappa shape index (κ3) is 4.11. The van der Waals surface area contributed by atoms with Crippen LogP contribution in [-0.2, 0) is 0 Å². The van der Waals surface area contributed by atoms with E-state index in [2.05, 4.69) is 33.9 Å². The Labute approximate surface area is 155 Å². The molecule has 134 valence electrons. The number of para-hydroxylation sites is 1. The summed E-state index contributed by atoms with van der Waals surface area (Å²) in [6, 6.07) is 13.6. The highest BCUT2D eigenvalue weighted by atomic mass is 35.5. The molecule has 0 fully saturated rings. The highest BCUT2D eigenvalue weighted by Crippen LogP contribution is 2.31. The average Bonchev–Trinajstić information content (AvgIpc) is 2.64. The second kappa shape index (κ2) is 8.83. The fourth-order valence-electron chi connectivity index (χ4n) is 3.14. The van der Waals surface area contributed by atoms with E-state index in [4.69, 9.17) is 0 Å². The zero-order valence-corrected chi connectivity index (χ0v) is 15.5. The first-order valence-corrected chi connectivity index (χ1v) is 8.54. The second-order valence-corrected chi connectivity index (χ2v) is 5.87. The molecule has 1 amide bonds. The van der Waals surface area contributed by atoms with Gasteiger partial charge in [0.2, 0.25) is 0 Å². The molecule has 2 heterocycles. The summed E-state index contributed by atoms with van der Waals surface area (Å²) < 4.78 is 0. The van der Waals surface area contributed by atoms with E-state index in [1.54, 1.807) is 6.20 Å². The van der Waals surface area contributed by atoms with Crippen LogP contribution in [0.3, 0.4) is 0 Å². The van der Waals surface area contributed by atoms with Crippen LogP contribution in [0.5, 0.6) is 0 Å². The van der Waals surface area contributed by atoms with Gasteiger partial charge in [0.25, 0.3) is 5.91 Å². The molecule has 0 bridgehead atoms. The molecule has 1 atom stereocenters. The molecule has 1 aliphatic heterocycles. The SMILES string of the molecule is CCN(CC)CCN1c2ccccc2C(=O)NC1c1ccccn1.Cl. The van der Waals surface area contributed by atoms with Crippen molar-refractivity contribution in [3.63, 3.8) is 0 Å². The maximum absolute atomic E-state index is 12.5. The molecular formula is C19H25ClN4O. The molecule has 1 aromatic carbocycles. The molecule has 0 saturated heterocycles. The summed E-state index contributed by atoms with van der Waals surface area (Å²) in [5, 5.41) is 3.10. The van der Waals surface area contributed by atoms with Crippen molar-refractivity contribution in [3.05, 3.63) is 59.9 Å². The van der Waals surface area contributed by atoms with Gasteiger partial charge in [0.15, 0.2) is 0 Å². The highest BCUT2D eigenvalue weighted by molar-refractivity contribution is 6.02. The van der Waals surface area contributed by atoms with Gasteiger partial charge in [-0.25, -0.2) is 0 Å². The summed E-state index contributed by atoms with van der Waals surface area (Å²) in [5.74, 6) is -0.0413. The Morgan fingerprint density at radius 1 is 1.12 bits per heavy atom. The molecule has 3 rings (SSSR count). The van der Waals surface area contributed by atoms with Crippen LogP contribution in [0.4, 0.5) is 5.69 Å². The van der Waals surface area contributed by atoms with Crippen molar-refractivity contribution in [3.8, 4) is 0 Å². The van der Waals surface area contributed by atoms with E-state index in [9.17, 15) is 4.79 Å². The van der Waals surface area contributed by atoms with Gasteiger partial charge in [-0.2, -0.15) is 0 Å². The summed E-state index contributed by atoms with van der Waals surface area (Å²) in [5.41, 5.74) is 2.56. The topological polar surface area (TPSA) is 48.5 Å². The number of pyridine rings is 1. The molecule has 1 aliphatic rings. The molecular weight excluding hydrogens is 336 g/mol. The first-order valence-electron chi connectivity index (χ1n) is 8.54. The Morgan fingerprint density at radius 2 is 1.84 bits per heavy atom. The van der Waals surface area contributed by atoms with E-state index in [1.807, 2.05) is 42.5 Å². The van der Waals surface area contributed by atoms with E-state index in [1.165, 1.54) is 0 Å². The van der Waals surface area contributed by atoms with Crippen LogP contribution in [0.25, 0.3) is 0 Å². The van der Waals surface area contributed by atoms with Crippen molar-refractivity contribution in [2.75, 3.05) is 31.1 Å². The Balaban J connectivity index is 0.00000225. The number of benzene rings is 1. The molecule has 1 aromatic heterocycles. The average molecular weight is 361 g/mol. The molecule has 0 spiro atoms. The Hall–Kier alpha value is -2.11. The third-order valence-electron chi connectivity index (χ3n) is 4.56. The van der Waals surface area contributed by atoms with Crippen LogP contribution in [-0.4, -0.2) is 42.0 Å². The number of carbonyl (C=O) groups is 1. The van der Waals surface area contributed by atoms with Gasteiger partial charge in [-0.3, -0.25) is 9.78 Å². The monoisotopic (exact) mass is 360 g/mol. The van der Waals surface area contributed by atoms with Crippen molar-refractivity contribution < 1.29 is 4.79 Å². The Bertz CT molecular complexity index is 691. The van der Waals surface area contributed by atoms with Crippen LogP contribution >= 0.6 is 12.4 Å². The highest BCUT2D eigenvalue weighted by Gasteiger charge is 2.32. The van der Waals surface area contributed by atoms with E-state index in [0.717, 1.165) is 43.1 Å². The van der Waals surface area contributed by atoms with E-state index < -0.39 is 0 Å². The first kappa shape index (κ1) is 19.2. The van der Waals surface area contributed by atoms with Gasteiger partial charge in [0.1, 0.15) is 6.17 Å². The van der Waals surface area contributed by atoms with Gasteiger partial charge >= 0.3 is 0 Å². The number of carbonyl (C=O) groups excluding carboxylic acids is 1. The normalized spacial score (nSPS) is 16.2. The van der Waals surface area contributed by atoms with Gasteiger partial charge in [0.05, 0.1) is 16.9 Å². The second-order valence-electron chi connectivity index (χ2n) is 5.87. The van der Waals surface area contributed by atoms with Gasteiger partial charge in [-0.1, -0.05) is 32.0 Å². The smallest absolute Gasteiger partial charge is 0.255 e. The lowest BCUT2D eigenvalue weighted by atomic mass is 10.1. The lowest BCUT2D eigenvalue weighted by Gasteiger charge is -2.39. The van der Waals surface area contributed by atoms with E-state index in [0.29, 0.717) is 0 Å². The Kier molecular flexibility index (Phi) is 6.79. The minimum Gasteiger partial charge on any atom is -0.344 e. The molecule has 1 N–H and O–H groups in total. The summed E-state index contributed by atoms with van der Waals surface area (Å²) in [6.07, 6.45) is 1.54. The molecule has 0 saturated carbocycles. The zero-order chi connectivity index (χ0) is 16.9. The number of amides is 1. The summed E-state index contributed by atoms with van der Waals surface area (Å²) in [4.78, 5) is 21.6. The van der Waals surface area contributed by atoms with Crippen LogP contribution in [0.15, 0.2) is 48.7 Å². The number of rotatable bonds is 6. The Morgan fingerprint density at radius 3 is 2.52 bits per heavy atom. The predicted molar refractivity (Wildman–Crippen MR) is 103 cm³/mol. The van der Waals surface area contributed by atoms with Crippen molar-refractivity contribution in [2.45, 2.75) is 20.0 Å². The minimum atomic E-state index is -0.232. The summed E-state index contributed by atoms with van der Waals surface area (Å²) in [6.45, 7) is 8.16. The van der Waals surface area contributed by atoms with E-state index in [-0.39, 0.29) is 24.5 Å². The van der Waals surface area contributed by atoms with Gasteiger partial charge in [-0.15, -0.1) is 12.4 Å². The minimum absolute atomic E-state index is 0. The number of hydrogen-bond acceptors (Lipinski definition) is 4. The number of nitrogens with one attached hydrogen (secondary N) is 1.